The number of carbonyl (C=O) groups is 2. The van der Waals surface area contributed by atoms with Gasteiger partial charge in [-0.25, -0.2) is 36.5 Å². The van der Waals surface area contributed by atoms with Crippen molar-refractivity contribution in [3.8, 4) is 0 Å². The molecule has 1 atom stereocenters. The number of piperidine rings is 1. The summed E-state index contributed by atoms with van der Waals surface area (Å²) in [5.41, 5.74) is -0.109. The molecule has 0 radical (unpaired) electrons. The molecule has 2 aromatic rings. The molecule has 1 unspecified atom stereocenters. The first-order valence-electron chi connectivity index (χ1n) is 11.7. The van der Waals surface area contributed by atoms with Gasteiger partial charge in [0.05, 0.1) is 25.3 Å². The van der Waals surface area contributed by atoms with Crippen molar-refractivity contribution in [2.24, 2.45) is 4.99 Å². The Bertz CT molecular complexity index is 1320. The largest absolute Gasteiger partial charge is 0.480 e. The number of benzene rings is 1. The molecule has 1 aromatic heterocycles. The lowest BCUT2D eigenvalue weighted by Gasteiger charge is -2.43. The van der Waals surface area contributed by atoms with Crippen molar-refractivity contribution in [3.63, 3.8) is 0 Å². The highest BCUT2D eigenvalue weighted by Gasteiger charge is 2.61. The van der Waals surface area contributed by atoms with E-state index in [0.717, 1.165) is 23.5 Å². The van der Waals surface area contributed by atoms with E-state index in [1.54, 1.807) is 5.38 Å². The zero-order valence-electron chi connectivity index (χ0n) is 20.7. The number of aliphatic imine (C=N–C) groups is 1. The maximum absolute atomic E-state index is 14.9. The van der Waals surface area contributed by atoms with E-state index in [1.165, 1.54) is 19.2 Å². The lowest BCUT2D eigenvalue weighted by Crippen LogP contribution is -2.64. The minimum Gasteiger partial charge on any atom is -0.480 e. The number of halogens is 6. The van der Waals surface area contributed by atoms with Gasteiger partial charge in [-0.15, -0.1) is 11.3 Å². The van der Waals surface area contributed by atoms with Gasteiger partial charge in [-0.1, -0.05) is 17.7 Å². The SMILES string of the molecule is CCOC(=O)C1=C(CN2CC(F)(F)C(OCC(=O)O)C(F)(F)C2)NC(c2nccs2)=NC1c1ccc(F)cc1Cl. The average Bonchev–Trinajstić information content (AvgIpc) is 3.37. The Hall–Kier alpha value is -3.14. The summed E-state index contributed by atoms with van der Waals surface area (Å²) in [6.45, 7) is -2.97. The summed E-state index contributed by atoms with van der Waals surface area (Å²) in [7, 11) is 0. The van der Waals surface area contributed by atoms with E-state index in [9.17, 15) is 31.5 Å². The molecule has 216 valence electrons. The van der Waals surface area contributed by atoms with Crippen molar-refractivity contribution in [2.75, 3.05) is 32.8 Å². The van der Waals surface area contributed by atoms with E-state index in [0.29, 0.717) is 9.91 Å². The van der Waals surface area contributed by atoms with Crippen LogP contribution >= 0.6 is 22.9 Å². The van der Waals surface area contributed by atoms with E-state index in [1.807, 2.05) is 0 Å². The van der Waals surface area contributed by atoms with Crippen molar-refractivity contribution in [1.82, 2.24) is 15.2 Å². The third kappa shape index (κ3) is 6.43. The van der Waals surface area contributed by atoms with Crippen LogP contribution in [0.4, 0.5) is 22.0 Å². The average molecular weight is 609 g/mol. The number of likely N-dealkylation sites (tertiary alicyclic amines) is 1. The van der Waals surface area contributed by atoms with Crippen LogP contribution in [0.2, 0.25) is 5.02 Å². The number of rotatable bonds is 9. The molecular weight excluding hydrogens is 587 g/mol. The number of carboxylic acid groups (broad SMARTS) is 1. The number of amidine groups is 1. The van der Waals surface area contributed by atoms with E-state index in [4.69, 9.17) is 21.4 Å². The first-order chi connectivity index (χ1) is 18.8. The third-order valence-electron chi connectivity index (χ3n) is 5.90. The van der Waals surface area contributed by atoms with Crippen LogP contribution < -0.4 is 5.32 Å². The van der Waals surface area contributed by atoms with Crippen molar-refractivity contribution < 1.29 is 46.1 Å². The highest BCUT2D eigenvalue weighted by Crippen LogP contribution is 2.41. The van der Waals surface area contributed by atoms with Crippen molar-refractivity contribution in [2.45, 2.75) is 30.9 Å². The Morgan fingerprint density at radius 2 is 1.95 bits per heavy atom. The molecule has 0 amide bonds. The van der Waals surface area contributed by atoms with E-state index >= 15 is 0 Å². The van der Waals surface area contributed by atoms with E-state index in [2.05, 4.69) is 20.0 Å². The number of nitrogens with zero attached hydrogens (tertiary/aromatic N) is 3. The minimum absolute atomic E-state index is 0.0784. The number of esters is 1. The van der Waals surface area contributed by atoms with Gasteiger partial charge >= 0.3 is 11.9 Å². The maximum atomic E-state index is 14.9. The second-order valence-corrected chi connectivity index (χ2v) is 10.2. The Morgan fingerprint density at radius 3 is 2.52 bits per heavy atom. The van der Waals surface area contributed by atoms with Crippen LogP contribution in [0.25, 0.3) is 0 Å². The first-order valence-corrected chi connectivity index (χ1v) is 13.0. The summed E-state index contributed by atoms with van der Waals surface area (Å²) in [4.78, 5) is 33.3. The molecule has 0 aliphatic carbocycles. The highest BCUT2D eigenvalue weighted by molar-refractivity contribution is 7.11. The van der Waals surface area contributed by atoms with Crippen LogP contribution in [0.3, 0.4) is 0 Å². The van der Waals surface area contributed by atoms with Crippen molar-refractivity contribution in [3.05, 3.63) is 62.5 Å². The van der Waals surface area contributed by atoms with Gasteiger partial charge in [-0.05, 0) is 19.1 Å². The van der Waals surface area contributed by atoms with Crippen molar-refractivity contribution >= 4 is 40.7 Å². The normalized spacial score (nSPS) is 21.1. The zero-order chi connectivity index (χ0) is 29.2. The molecule has 1 aromatic carbocycles. The van der Waals surface area contributed by atoms with Gasteiger partial charge in [0.15, 0.2) is 16.9 Å². The molecule has 1 fully saturated rings. The van der Waals surface area contributed by atoms with Crippen LogP contribution in [-0.2, 0) is 19.1 Å². The summed E-state index contributed by atoms with van der Waals surface area (Å²) >= 11 is 7.44. The molecule has 0 bridgehead atoms. The van der Waals surface area contributed by atoms with Gasteiger partial charge in [0, 0.05) is 34.4 Å². The smallest absolute Gasteiger partial charge is 0.338 e. The molecule has 0 spiro atoms. The van der Waals surface area contributed by atoms with Crippen molar-refractivity contribution in [1.29, 1.82) is 0 Å². The van der Waals surface area contributed by atoms with Gasteiger partial charge in [0.1, 0.15) is 18.5 Å². The van der Waals surface area contributed by atoms with Crippen LogP contribution in [-0.4, -0.2) is 83.6 Å². The minimum atomic E-state index is -4.15. The molecule has 2 aliphatic heterocycles. The summed E-state index contributed by atoms with van der Waals surface area (Å²) in [5, 5.41) is 13.4. The van der Waals surface area contributed by atoms with Gasteiger partial charge in [-0.3, -0.25) is 9.89 Å². The highest BCUT2D eigenvalue weighted by atomic mass is 35.5. The fourth-order valence-corrected chi connectivity index (χ4v) is 5.29. The number of ether oxygens (including phenoxy) is 2. The Balaban J connectivity index is 1.76. The second kappa shape index (κ2) is 11.8. The third-order valence-corrected chi connectivity index (χ3v) is 7.01. The molecule has 9 nitrogen and oxygen atoms in total. The molecule has 3 heterocycles. The number of carbonyl (C=O) groups excluding carboxylic acids is 1. The molecule has 2 N–H and O–H groups in total. The molecule has 2 aliphatic rings. The lowest BCUT2D eigenvalue weighted by molar-refractivity contribution is -0.267. The summed E-state index contributed by atoms with van der Waals surface area (Å²) < 4.78 is 82.9. The number of carboxylic acids is 1. The molecule has 0 saturated carbocycles. The molecule has 4 rings (SSSR count). The molecule has 40 heavy (non-hydrogen) atoms. The first kappa shape index (κ1) is 29.8. The fraction of sp³-hybridized carbons (Fsp3) is 0.417. The molecular formula is C24H22ClF5N4O5S. The standard InChI is InChI=1S/C24H22ClF5N4O5S/c1-2-38-21(37)17-15(8-34-10-23(27,28)22(24(29,30)11-34)39-9-16(35)36)32-19(20-31-5-6-40-20)33-18(17)13-4-3-12(26)7-14(13)25/h3-7,18,22H,2,8-11H2,1H3,(H,32,33)(H,35,36). The zero-order valence-corrected chi connectivity index (χ0v) is 22.2. The fourth-order valence-electron chi connectivity index (χ4n) is 4.43. The van der Waals surface area contributed by atoms with E-state index < -0.39 is 68.0 Å². The second-order valence-electron chi connectivity index (χ2n) is 8.87. The molecule has 16 heteroatoms. The van der Waals surface area contributed by atoms with Gasteiger partial charge in [0.2, 0.25) is 0 Å². The number of thiazole rings is 1. The Morgan fingerprint density at radius 1 is 1.25 bits per heavy atom. The summed E-state index contributed by atoms with van der Waals surface area (Å²) in [6.07, 6.45) is -1.50. The van der Waals surface area contributed by atoms with Crippen LogP contribution in [0.5, 0.6) is 0 Å². The number of aromatic nitrogens is 1. The number of nitrogens with one attached hydrogen (secondary N) is 1. The topological polar surface area (TPSA) is 113 Å². The monoisotopic (exact) mass is 608 g/mol. The predicted molar refractivity (Wildman–Crippen MR) is 133 cm³/mol. The van der Waals surface area contributed by atoms with E-state index in [-0.39, 0.29) is 34.3 Å². The molecule has 1 saturated heterocycles. The van der Waals surface area contributed by atoms with Crippen LogP contribution in [0.15, 0.2) is 46.0 Å². The van der Waals surface area contributed by atoms with Crippen LogP contribution in [0.1, 0.15) is 23.5 Å². The van der Waals surface area contributed by atoms with Crippen LogP contribution in [0, 0.1) is 5.82 Å². The number of aliphatic carboxylic acids is 1. The maximum Gasteiger partial charge on any atom is 0.338 e. The predicted octanol–water partition coefficient (Wildman–Crippen LogP) is 3.90. The number of hydrogen-bond donors (Lipinski definition) is 2. The number of hydrogen-bond acceptors (Lipinski definition) is 9. The van der Waals surface area contributed by atoms with Gasteiger partial charge in [-0.2, -0.15) is 0 Å². The Labute approximate surface area is 233 Å². The lowest BCUT2D eigenvalue weighted by atomic mass is 9.94. The summed E-state index contributed by atoms with van der Waals surface area (Å²) in [5.74, 6) is -11.5. The van der Waals surface area contributed by atoms with Gasteiger partial charge < -0.3 is 19.9 Å². The number of alkyl halides is 4. The summed E-state index contributed by atoms with van der Waals surface area (Å²) in [6, 6.07) is 2.16. The van der Waals surface area contributed by atoms with Gasteiger partial charge in [0.25, 0.3) is 11.8 Å². The quantitative estimate of drug-likeness (QED) is 0.326. The Kier molecular flexibility index (Phi) is 8.77.